The Hall–Kier alpha value is 1.60. The molecule has 0 fully saturated rings. The van der Waals surface area contributed by atoms with E-state index in [-0.39, 0.29) is 0 Å². The van der Waals surface area contributed by atoms with Gasteiger partial charge in [-0.1, -0.05) is 0 Å². The van der Waals surface area contributed by atoms with Gasteiger partial charge >= 0.3 is 169 Å². The van der Waals surface area contributed by atoms with Gasteiger partial charge in [-0.2, -0.15) is 0 Å². The van der Waals surface area contributed by atoms with Gasteiger partial charge in [0.15, 0.2) is 0 Å². The van der Waals surface area contributed by atoms with E-state index in [1.807, 2.05) is 4.91 Å². The minimum atomic E-state index is -1.83. The third-order valence-corrected chi connectivity index (χ3v) is 41.1. The molecule has 0 amide bonds. The molecular weight excluding hydrogens is 691 g/mol. The van der Waals surface area contributed by atoms with Gasteiger partial charge in [0, 0.05) is 0 Å². The summed E-state index contributed by atoms with van der Waals surface area (Å²) in [5, 5.41) is 0. The van der Waals surface area contributed by atoms with E-state index in [1.54, 1.807) is 17.7 Å². The van der Waals surface area contributed by atoms with Crippen molar-refractivity contribution in [2.75, 3.05) is 0 Å². The van der Waals surface area contributed by atoms with Crippen molar-refractivity contribution in [2.24, 2.45) is 0 Å². The van der Waals surface area contributed by atoms with E-state index in [9.17, 15) is 0 Å². The summed E-state index contributed by atoms with van der Waals surface area (Å²) < 4.78 is 10.4. The normalized spacial score (nSPS) is 12.8. The molecule has 0 aliphatic heterocycles. The van der Waals surface area contributed by atoms with Gasteiger partial charge in [-0.05, 0) is 0 Å². The predicted octanol–water partition coefficient (Wildman–Crippen LogP) is 3.28. The van der Waals surface area contributed by atoms with Gasteiger partial charge in [0.2, 0.25) is 0 Å². The van der Waals surface area contributed by atoms with E-state index >= 15 is 0 Å². The van der Waals surface area contributed by atoms with Crippen molar-refractivity contribution in [3.05, 3.63) is 36.4 Å². The fourth-order valence-electron chi connectivity index (χ4n) is 2.35. The average molecular weight is 715 g/mol. The molecule has 3 rings (SSSR count). The molecule has 0 saturated heterocycles. The van der Waals surface area contributed by atoms with Gasteiger partial charge in [0.25, 0.3) is 0 Å². The Kier molecular flexibility index (Phi) is 6.15. The third kappa shape index (κ3) is 4.66. The Morgan fingerprint density at radius 1 is 0.478 bits per heavy atom. The fraction of sp³-hybridized carbons (Fsp3) is 0.333. The summed E-state index contributed by atoms with van der Waals surface area (Å²) in [6, 6.07) is 14.7. The molecule has 0 aliphatic rings. The SMILES string of the molecule is [CH3][Sn]([CH3])([CH3])[c]1ccc(-c2ccc(-c3cc[c]([Sn]([CH3])([CH3])[CH3])[se]3)[se]2)[se]1. The molecule has 23 heavy (non-hydrogen) atoms. The summed E-state index contributed by atoms with van der Waals surface area (Å²) in [5.41, 5.74) is 0. The monoisotopic (exact) mass is 720 g/mol. The van der Waals surface area contributed by atoms with Gasteiger partial charge in [-0.25, -0.2) is 0 Å². The molecule has 0 aliphatic carbocycles. The van der Waals surface area contributed by atoms with E-state index in [0.717, 1.165) is 0 Å². The molecule has 3 heterocycles. The van der Waals surface area contributed by atoms with Gasteiger partial charge in [0.05, 0.1) is 0 Å². The van der Waals surface area contributed by atoms with Crippen LogP contribution < -0.4 is 4.91 Å². The molecule has 0 N–H and O–H groups in total. The second-order valence-electron chi connectivity index (χ2n) is 7.99. The topological polar surface area (TPSA) is 0 Å². The zero-order valence-electron chi connectivity index (χ0n) is 14.7. The molecule has 3 aromatic heterocycles. The molecule has 0 spiro atoms. The van der Waals surface area contributed by atoms with Crippen LogP contribution in [0.3, 0.4) is 0 Å². The second kappa shape index (κ2) is 7.31. The molecule has 0 unspecified atom stereocenters. The standard InChI is InChI=1S/C12H6Se3.6CH3.2Sn/c1-3-9(13-7-1)11-5-6-12(15-11)10-4-2-8-14-10;;;;;;;;/h1-6H;6*1H3;;. The van der Waals surface area contributed by atoms with Crippen LogP contribution in [0.25, 0.3) is 17.7 Å². The van der Waals surface area contributed by atoms with Crippen molar-refractivity contribution in [3.8, 4) is 17.7 Å². The molecule has 0 atom stereocenters. The first-order chi connectivity index (χ1) is 10.6. The first-order valence-electron chi connectivity index (χ1n) is 7.96. The third-order valence-electron chi connectivity index (χ3n) is 3.78. The summed E-state index contributed by atoms with van der Waals surface area (Å²) in [6.45, 7) is 0. The fourth-order valence-corrected chi connectivity index (χ4v) is 25.7. The van der Waals surface area contributed by atoms with Gasteiger partial charge in [0.1, 0.15) is 0 Å². The molecular formula is C18H24Se3Sn2. The average Bonchev–Trinajstić information content (AvgIpc) is 3.17. The molecule has 0 aromatic carbocycles. The van der Waals surface area contributed by atoms with Crippen LogP contribution in [-0.4, -0.2) is 80.3 Å². The molecule has 122 valence electrons. The Morgan fingerprint density at radius 2 is 0.783 bits per heavy atom. The Morgan fingerprint density at radius 3 is 1.09 bits per heavy atom. The van der Waals surface area contributed by atoms with E-state index in [2.05, 4.69) is 66.0 Å². The van der Waals surface area contributed by atoms with E-state index in [1.165, 1.54) is 0 Å². The van der Waals surface area contributed by atoms with Crippen LogP contribution in [0.4, 0.5) is 0 Å². The Balaban J connectivity index is 1.89. The van der Waals surface area contributed by atoms with Crippen molar-refractivity contribution in [2.45, 2.75) is 29.6 Å². The van der Waals surface area contributed by atoms with Crippen molar-refractivity contribution in [3.63, 3.8) is 0 Å². The van der Waals surface area contributed by atoms with Crippen LogP contribution in [-0.2, 0) is 0 Å². The Bertz CT molecular complexity index is 743. The van der Waals surface area contributed by atoms with Crippen LogP contribution in [0.1, 0.15) is 0 Å². The van der Waals surface area contributed by atoms with Crippen molar-refractivity contribution < 1.29 is 0 Å². The summed E-state index contributed by atoms with van der Waals surface area (Å²) in [5.74, 6) is 0. The number of hydrogen-bond acceptors (Lipinski definition) is 0. The number of rotatable bonds is 4. The van der Waals surface area contributed by atoms with Gasteiger partial charge in [-0.15, -0.1) is 0 Å². The van der Waals surface area contributed by atoms with Gasteiger partial charge in [-0.3, -0.25) is 0 Å². The first kappa shape index (κ1) is 19.4. The number of hydrogen-bond donors (Lipinski definition) is 0. The summed E-state index contributed by atoms with van der Waals surface area (Å²) in [6.07, 6.45) is 0. The Labute approximate surface area is 166 Å². The zero-order valence-corrected chi connectivity index (χ0v) is 25.5. The van der Waals surface area contributed by atoms with Crippen LogP contribution in [0, 0.1) is 0 Å². The molecule has 0 bridgehead atoms. The summed E-state index contributed by atoms with van der Waals surface area (Å²) in [4.78, 5) is 15.3. The van der Waals surface area contributed by atoms with Crippen LogP contribution in [0.5, 0.6) is 0 Å². The zero-order chi connectivity index (χ0) is 16.8. The van der Waals surface area contributed by atoms with E-state index in [4.69, 9.17) is 0 Å². The van der Waals surface area contributed by atoms with Gasteiger partial charge < -0.3 is 0 Å². The van der Waals surface area contributed by atoms with E-state index < -0.39 is 36.8 Å². The molecule has 0 saturated carbocycles. The predicted molar refractivity (Wildman–Crippen MR) is 114 cm³/mol. The molecule has 0 nitrogen and oxygen atoms in total. The second-order valence-corrected chi connectivity index (χ2v) is 48.2. The van der Waals surface area contributed by atoms with E-state index in [0.29, 0.717) is 43.5 Å². The van der Waals surface area contributed by atoms with Crippen LogP contribution in [0.2, 0.25) is 29.6 Å². The first-order valence-corrected chi connectivity index (χ1v) is 33.1. The molecule has 5 heteroatoms. The van der Waals surface area contributed by atoms with Crippen molar-refractivity contribution in [1.29, 1.82) is 0 Å². The van der Waals surface area contributed by atoms with Crippen LogP contribution in [0.15, 0.2) is 36.4 Å². The summed E-state index contributed by atoms with van der Waals surface area (Å²) in [7, 11) is 0. The maximum atomic E-state index is 2.55. The molecule has 3 aromatic rings. The summed E-state index contributed by atoms with van der Waals surface area (Å²) >= 11 is -1.85. The van der Waals surface area contributed by atoms with Crippen molar-refractivity contribution >= 4 is 85.2 Å². The van der Waals surface area contributed by atoms with Crippen LogP contribution >= 0.6 is 0 Å². The van der Waals surface area contributed by atoms with Crippen molar-refractivity contribution in [1.82, 2.24) is 0 Å². The minimum absolute atomic E-state index is 0.550. The molecule has 0 radical (unpaired) electrons. The maximum absolute atomic E-state index is 2.55. The quantitative estimate of drug-likeness (QED) is 0.365.